The summed E-state index contributed by atoms with van der Waals surface area (Å²) < 4.78 is 2.17. The van der Waals surface area contributed by atoms with Crippen molar-refractivity contribution in [1.29, 1.82) is 0 Å². The molecule has 0 aliphatic rings. The van der Waals surface area contributed by atoms with Crippen molar-refractivity contribution in [3.63, 3.8) is 0 Å². The second-order valence-corrected chi connectivity index (χ2v) is 10.9. The van der Waals surface area contributed by atoms with E-state index in [9.17, 15) is 19.8 Å². The number of carbonyl (C=O) groups is 2. The first-order valence-corrected chi connectivity index (χ1v) is 15.1. The van der Waals surface area contributed by atoms with Gasteiger partial charge in [0.15, 0.2) is 0 Å². The molecule has 4 heterocycles. The molecule has 0 aliphatic carbocycles. The van der Waals surface area contributed by atoms with E-state index in [0.717, 1.165) is 34.1 Å². The van der Waals surface area contributed by atoms with Crippen LogP contribution in [0.2, 0.25) is 0 Å². The maximum atomic E-state index is 12.2. The van der Waals surface area contributed by atoms with Gasteiger partial charge in [0.05, 0.1) is 39.6 Å². The lowest BCUT2D eigenvalue weighted by molar-refractivity contribution is 0.0686. The first-order chi connectivity index (χ1) is 23.5. The number of aromatic carboxylic acids is 2. The van der Waals surface area contributed by atoms with E-state index >= 15 is 0 Å². The van der Waals surface area contributed by atoms with E-state index in [1.165, 1.54) is 30.5 Å². The molecule has 7 aromatic rings. The molecule has 0 spiro atoms. The van der Waals surface area contributed by atoms with E-state index in [2.05, 4.69) is 54.8 Å². The van der Waals surface area contributed by atoms with Crippen molar-refractivity contribution >= 4 is 29.1 Å². The summed E-state index contributed by atoms with van der Waals surface area (Å²) in [6.07, 6.45) is 3.02. The number of nitrogens with zero attached hydrogens (tertiary/aromatic N) is 5. The van der Waals surface area contributed by atoms with Crippen molar-refractivity contribution in [2.75, 3.05) is 4.90 Å². The molecule has 7 rings (SSSR count). The van der Waals surface area contributed by atoms with Crippen molar-refractivity contribution in [3.05, 3.63) is 163 Å². The molecular weight excluding hydrogens is 602 g/mol. The van der Waals surface area contributed by atoms with Gasteiger partial charge in [-0.1, -0.05) is 54.6 Å². The van der Waals surface area contributed by atoms with Crippen LogP contribution in [0.4, 0.5) is 17.2 Å². The van der Waals surface area contributed by atoms with Crippen molar-refractivity contribution in [1.82, 2.24) is 19.5 Å². The second-order valence-electron chi connectivity index (χ2n) is 10.9. The van der Waals surface area contributed by atoms with Gasteiger partial charge in [0, 0.05) is 35.0 Å². The average molecular weight is 630 g/mol. The number of carboxylic acids is 2. The molecule has 3 aromatic carbocycles. The first-order valence-electron chi connectivity index (χ1n) is 15.1. The van der Waals surface area contributed by atoms with Crippen LogP contribution in [-0.4, -0.2) is 41.7 Å². The minimum atomic E-state index is -1.16. The lowest BCUT2D eigenvalue weighted by atomic mass is 10.1. The summed E-state index contributed by atoms with van der Waals surface area (Å²) in [4.78, 5) is 39.5. The monoisotopic (exact) mass is 629 g/mol. The number of benzene rings is 3. The molecule has 9 nitrogen and oxygen atoms in total. The fraction of sp³-hybridized carbons (Fsp3) is 0. The van der Waals surface area contributed by atoms with E-state index in [1.54, 1.807) is 6.20 Å². The summed E-state index contributed by atoms with van der Waals surface area (Å²) in [5.74, 6) is -1.37. The Balaban J connectivity index is 1.39. The Morgan fingerprint density at radius 1 is 0.542 bits per heavy atom. The number of hydrogen-bond donors (Lipinski definition) is 2. The van der Waals surface area contributed by atoms with Crippen LogP contribution in [0, 0.1) is 0 Å². The summed E-state index contributed by atoms with van der Waals surface area (Å²) in [5, 5.41) is 19.4. The van der Waals surface area contributed by atoms with E-state index in [4.69, 9.17) is 0 Å². The fourth-order valence-electron chi connectivity index (χ4n) is 5.59. The molecule has 0 radical (unpaired) electrons. The van der Waals surface area contributed by atoms with Crippen molar-refractivity contribution in [2.45, 2.75) is 0 Å². The van der Waals surface area contributed by atoms with Crippen LogP contribution < -0.4 is 4.90 Å². The molecule has 9 heteroatoms. The van der Waals surface area contributed by atoms with Crippen LogP contribution >= 0.6 is 0 Å². The average Bonchev–Trinajstić information content (AvgIpc) is 3.57. The third kappa shape index (κ3) is 5.91. The molecule has 0 fully saturated rings. The Bertz CT molecular complexity index is 2210. The summed E-state index contributed by atoms with van der Waals surface area (Å²) >= 11 is 0. The maximum absolute atomic E-state index is 12.2. The molecule has 0 unspecified atom stereocenters. The van der Waals surface area contributed by atoms with Gasteiger partial charge in [-0.25, -0.2) is 14.6 Å². The van der Waals surface area contributed by atoms with Crippen LogP contribution in [-0.2, 0) is 0 Å². The lowest BCUT2D eigenvalue weighted by Crippen LogP contribution is -2.14. The zero-order valence-electron chi connectivity index (χ0n) is 25.4. The Morgan fingerprint density at radius 3 is 1.65 bits per heavy atom. The van der Waals surface area contributed by atoms with Gasteiger partial charge < -0.3 is 10.2 Å². The number of hydrogen-bond acceptors (Lipinski definition) is 6. The highest BCUT2D eigenvalue weighted by Crippen LogP contribution is 2.40. The molecule has 0 saturated heterocycles. The largest absolute Gasteiger partial charge is 0.478 e. The first kappa shape index (κ1) is 29.8. The smallest absolute Gasteiger partial charge is 0.335 e. The van der Waals surface area contributed by atoms with Gasteiger partial charge in [0.2, 0.25) is 0 Å². The van der Waals surface area contributed by atoms with Gasteiger partial charge in [-0.05, 0) is 84.9 Å². The predicted octanol–water partition coefficient (Wildman–Crippen LogP) is 8.53. The van der Waals surface area contributed by atoms with Gasteiger partial charge >= 0.3 is 11.9 Å². The van der Waals surface area contributed by atoms with Crippen LogP contribution in [0.25, 0.3) is 39.7 Å². The van der Waals surface area contributed by atoms with Crippen LogP contribution in [0.1, 0.15) is 20.7 Å². The molecule has 0 aliphatic heterocycles. The molecular formula is C39H27N5O4. The zero-order valence-corrected chi connectivity index (χ0v) is 25.4. The SMILES string of the molecule is O=C(O)c1ccnc(-c2cc(C(=O)O)cc(-c3cc(-c4ccc(N(c5ccccc5)c5ccccc5)n4-c4ccccc4)ccn3)n2)c1. The van der Waals surface area contributed by atoms with Gasteiger partial charge in [0.25, 0.3) is 0 Å². The van der Waals surface area contributed by atoms with E-state index in [0.29, 0.717) is 11.4 Å². The topological polar surface area (TPSA) is 121 Å². The Hall–Kier alpha value is -6.87. The summed E-state index contributed by atoms with van der Waals surface area (Å²) in [6.45, 7) is 0. The zero-order chi connectivity index (χ0) is 33.0. The molecule has 0 amide bonds. The summed E-state index contributed by atoms with van der Waals surface area (Å²) in [5.41, 5.74) is 5.82. The predicted molar refractivity (Wildman–Crippen MR) is 184 cm³/mol. The standard InChI is InChI=1S/C39H27N5O4/c45-38(46)27-19-21-41-33(23-27)35-25-28(39(47)48)24-34(42-35)32-22-26(18-20-40-32)36-16-17-37(44(36)31-14-8-3-9-15-31)43(29-10-4-1-5-11-29)30-12-6-2-7-13-30/h1-25H,(H,45,46)(H,47,48). The molecule has 232 valence electrons. The van der Waals surface area contributed by atoms with Gasteiger partial charge in [0.1, 0.15) is 5.82 Å². The number of aromatic nitrogens is 4. The minimum absolute atomic E-state index is 0.0155. The van der Waals surface area contributed by atoms with E-state index < -0.39 is 11.9 Å². The fourth-order valence-corrected chi connectivity index (χ4v) is 5.59. The quantitative estimate of drug-likeness (QED) is 0.163. The highest BCUT2D eigenvalue weighted by molar-refractivity contribution is 5.92. The Morgan fingerprint density at radius 2 is 1.06 bits per heavy atom. The number of pyridine rings is 3. The van der Waals surface area contributed by atoms with Crippen molar-refractivity contribution in [2.24, 2.45) is 0 Å². The van der Waals surface area contributed by atoms with Gasteiger partial charge in [-0.2, -0.15) is 0 Å². The van der Waals surface area contributed by atoms with Crippen LogP contribution in [0.15, 0.2) is 152 Å². The molecule has 4 aromatic heterocycles. The third-order valence-electron chi connectivity index (χ3n) is 7.79. The van der Waals surface area contributed by atoms with Crippen molar-refractivity contribution < 1.29 is 19.8 Å². The summed E-state index contributed by atoms with van der Waals surface area (Å²) in [6, 6.07) is 43.8. The number of carboxylic acid groups (broad SMARTS) is 2. The Kier molecular flexibility index (Phi) is 7.99. The minimum Gasteiger partial charge on any atom is -0.478 e. The molecule has 2 N–H and O–H groups in total. The van der Waals surface area contributed by atoms with Crippen LogP contribution in [0.5, 0.6) is 0 Å². The van der Waals surface area contributed by atoms with E-state index in [-0.39, 0.29) is 22.5 Å². The highest BCUT2D eigenvalue weighted by Gasteiger charge is 2.21. The third-order valence-corrected chi connectivity index (χ3v) is 7.79. The molecule has 0 atom stereocenters. The van der Waals surface area contributed by atoms with Crippen LogP contribution in [0.3, 0.4) is 0 Å². The lowest BCUT2D eigenvalue weighted by Gasteiger charge is -2.27. The maximum Gasteiger partial charge on any atom is 0.335 e. The number of anilines is 3. The molecule has 48 heavy (non-hydrogen) atoms. The number of para-hydroxylation sites is 3. The van der Waals surface area contributed by atoms with E-state index in [1.807, 2.05) is 84.9 Å². The second kappa shape index (κ2) is 12.9. The Labute approximate surface area is 275 Å². The normalized spacial score (nSPS) is 10.8. The van der Waals surface area contributed by atoms with Crippen molar-refractivity contribution in [3.8, 4) is 39.7 Å². The number of rotatable bonds is 9. The van der Waals surface area contributed by atoms with Gasteiger partial charge in [-0.3, -0.25) is 19.4 Å². The summed E-state index contributed by atoms with van der Waals surface area (Å²) in [7, 11) is 0. The van der Waals surface area contributed by atoms with Gasteiger partial charge in [-0.15, -0.1) is 0 Å². The molecule has 0 saturated carbocycles. The molecule has 0 bridgehead atoms. The highest BCUT2D eigenvalue weighted by atomic mass is 16.4.